The summed E-state index contributed by atoms with van der Waals surface area (Å²) in [7, 11) is 1.70. The molecule has 4 bridgehead atoms. The molecule has 0 heterocycles. The minimum atomic E-state index is 0.468. The minimum absolute atomic E-state index is 0.468. The predicted octanol–water partition coefficient (Wildman–Crippen LogP) is 4.98. The van der Waals surface area contributed by atoms with Gasteiger partial charge in [-0.3, -0.25) is 0 Å². The summed E-state index contributed by atoms with van der Waals surface area (Å²) in [5, 5.41) is 7.77. The molecule has 4 aliphatic rings. The molecule has 5 rings (SSSR count). The highest BCUT2D eigenvalue weighted by molar-refractivity contribution is 7.80. The fourth-order valence-electron chi connectivity index (χ4n) is 6.36. The Morgan fingerprint density at radius 2 is 1.76 bits per heavy atom. The Kier molecular flexibility index (Phi) is 4.65. The molecule has 1 atom stereocenters. The second-order valence-electron chi connectivity index (χ2n) is 8.54. The number of thiocarbonyl (C=S) groups is 1. The van der Waals surface area contributed by atoms with Gasteiger partial charge in [0.2, 0.25) is 0 Å². The molecule has 3 nitrogen and oxygen atoms in total. The molecule has 0 radical (unpaired) electrons. The average Bonchev–Trinajstić information content (AvgIpc) is 2.59. The molecule has 0 aliphatic heterocycles. The van der Waals surface area contributed by atoms with Gasteiger partial charge in [0.1, 0.15) is 5.75 Å². The molecule has 1 unspecified atom stereocenters. The largest absolute Gasteiger partial charge is 0.495 e. The van der Waals surface area contributed by atoms with Crippen molar-refractivity contribution in [1.82, 2.24) is 5.32 Å². The van der Waals surface area contributed by atoms with Gasteiger partial charge in [-0.25, -0.2) is 0 Å². The van der Waals surface area contributed by atoms with Crippen molar-refractivity contribution in [1.29, 1.82) is 0 Å². The maximum Gasteiger partial charge on any atom is 0.171 e. The highest BCUT2D eigenvalue weighted by Crippen LogP contribution is 2.61. The van der Waals surface area contributed by atoms with Crippen LogP contribution >= 0.6 is 12.2 Å². The van der Waals surface area contributed by atoms with Crippen molar-refractivity contribution >= 4 is 23.0 Å². The molecule has 4 aliphatic carbocycles. The van der Waals surface area contributed by atoms with Crippen molar-refractivity contribution < 1.29 is 4.74 Å². The van der Waals surface area contributed by atoms with E-state index in [0.717, 1.165) is 40.7 Å². The summed E-state index contributed by atoms with van der Waals surface area (Å²) >= 11 is 5.66. The molecule has 4 heteroatoms. The fraction of sp³-hybridized carbons (Fsp3) is 0.667. The molecule has 2 N–H and O–H groups in total. The second-order valence-corrected chi connectivity index (χ2v) is 8.95. The molecule has 1 aromatic rings. The van der Waals surface area contributed by atoms with E-state index in [4.69, 9.17) is 17.0 Å². The molecule has 0 spiro atoms. The number of para-hydroxylation sites is 2. The van der Waals surface area contributed by atoms with E-state index in [1.165, 1.54) is 38.5 Å². The predicted molar refractivity (Wildman–Crippen MR) is 107 cm³/mol. The number of rotatable bonds is 5. The summed E-state index contributed by atoms with van der Waals surface area (Å²) in [4.78, 5) is 0. The number of methoxy groups -OCH3 is 1. The van der Waals surface area contributed by atoms with Gasteiger partial charge in [0, 0.05) is 6.04 Å². The Hall–Kier alpha value is -1.29. The van der Waals surface area contributed by atoms with Crippen molar-refractivity contribution in [2.45, 2.75) is 57.9 Å². The number of anilines is 1. The van der Waals surface area contributed by atoms with Gasteiger partial charge in [-0.1, -0.05) is 19.1 Å². The Morgan fingerprint density at radius 1 is 1.16 bits per heavy atom. The number of benzene rings is 1. The molecule has 25 heavy (non-hydrogen) atoms. The molecule has 4 fully saturated rings. The van der Waals surface area contributed by atoms with Gasteiger partial charge < -0.3 is 15.4 Å². The molecule has 4 saturated carbocycles. The molecular formula is C21H30N2OS. The summed E-state index contributed by atoms with van der Waals surface area (Å²) in [6.07, 6.45) is 9.81. The number of ether oxygens (including phenoxy) is 1. The van der Waals surface area contributed by atoms with E-state index >= 15 is 0 Å². The first-order valence-electron chi connectivity index (χ1n) is 9.82. The van der Waals surface area contributed by atoms with E-state index < -0.39 is 0 Å². The number of nitrogens with one attached hydrogen (secondary N) is 2. The fourth-order valence-corrected chi connectivity index (χ4v) is 6.61. The van der Waals surface area contributed by atoms with Crippen LogP contribution in [0.5, 0.6) is 5.75 Å². The molecule has 0 aromatic heterocycles. The van der Waals surface area contributed by atoms with E-state index in [1.807, 2.05) is 24.3 Å². The minimum Gasteiger partial charge on any atom is -0.495 e. The average molecular weight is 359 g/mol. The zero-order chi connectivity index (χ0) is 17.4. The van der Waals surface area contributed by atoms with Gasteiger partial charge in [-0.2, -0.15) is 0 Å². The highest BCUT2D eigenvalue weighted by Gasteiger charge is 2.53. The van der Waals surface area contributed by atoms with E-state index in [-0.39, 0.29) is 0 Å². The van der Waals surface area contributed by atoms with Crippen LogP contribution in [0.25, 0.3) is 0 Å². The zero-order valence-electron chi connectivity index (χ0n) is 15.4. The smallest absolute Gasteiger partial charge is 0.171 e. The second kappa shape index (κ2) is 6.79. The Labute approximate surface area is 156 Å². The first-order chi connectivity index (χ1) is 12.1. The van der Waals surface area contributed by atoms with Crippen LogP contribution in [0.4, 0.5) is 5.69 Å². The van der Waals surface area contributed by atoms with Crippen molar-refractivity contribution in [3.8, 4) is 5.75 Å². The lowest BCUT2D eigenvalue weighted by atomic mass is 9.47. The number of hydrogen-bond acceptors (Lipinski definition) is 2. The van der Waals surface area contributed by atoms with Gasteiger partial charge in [0.15, 0.2) is 5.11 Å². The SMILES string of the molecule is CCC(NC(=S)Nc1ccccc1OC)C12CC3CC(CC(C3)C1)C2. The third-order valence-electron chi connectivity index (χ3n) is 6.89. The summed E-state index contributed by atoms with van der Waals surface area (Å²) in [6.45, 7) is 2.31. The summed E-state index contributed by atoms with van der Waals surface area (Å²) in [5.41, 5.74) is 1.40. The molecule has 0 saturated heterocycles. The van der Waals surface area contributed by atoms with E-state index in [1.54, 1.807) is 7.11 Å². The quantitative estimate of drug-likeness (QED) is 0.728. The Balaban J connectivity index is 1.46. The summed E-state index contributed by atoms with van der Waals surface area (Å²) < 4.78 is 5.43. The summed E-state index contributed by atoms with van der Waals surface area (Å²) in [5.74, 6) is 3.74. The molecule has 0 amide bonds. The monoisotopic (exact) mass is 358 g/mol. The van der Waals surface area contributed by atoms with Gasteiger partial charge in [-0.05, 0) is 92.5 Å². The summed E-state index contributed by atoms with van der Waals surface area (Å²) in [6, 6.07) is 8.43. The first-order valence-corrected chi connectivity index (χ1v) is 10.2. The molecule has 1 aromatic carbocycles. The van der Waals surface area contributed by atoms with Gasteiger partial charge in [-0.15, -0.1) is 0 Å². The first kappa shape index (κ1) is 17.1. The van der Waals surface area contributed by atoms with Crippen LogP contribution in [0.2, 0.25) is 0 Å². The van der Waals surface area contributed by atoms with Crippen molar-refractivity contribution in [2.24, 2.45) is 23.2 Å². The normalized spacial score (nSPS) is 33.8. The van der Waals surface area contributed by atoms with E-state index in [2.05, 4.69) is 17.6 Å². The van der Waals surface area contributed by atoms with Gasteiger partial charge >= 0.3 is 0 Å². The maximum atomic E-state index is 5.66. The Bertz CT molecular complexity index is 609. The highest BCUT2D eigenvalue weighted by atomic mass is 32.1. The molecular weight excluding hydrogens is 328 g/mol. The van der Waals surface area contributed by atoms with Crippen LogP contribution in [0.1, 0.15) is 51.9 Å². The lowest BCUT2D eigenvalue weighted by Gasteiger charge is -2.59. The Morgan fingerprint density at radius 3 is 2.32 bits per heavy atom. The van der Waals surface area contributed by atoms with Crippen LogP contribution in [-0.4, -0.2) is 18.3 Å². The lowest BCUT2D eigenvalue weighted by molar-refractivity contribution is -0.0709. The van der Waals surface area contributed by atoms with Crippen molar-refractivity contribution in [3.05, 3.63) is 24.3 Å². The van der Waals surface area contributed by atoms with Gasteiger partial charge in [0.25, 0.3) is 0 Å². The third kappa shape index (κ3) is 3.25. The van der Waals surface area contributed by atoms with Crippen molar-refractivity contribution in [2.75, 3.05) is 12.4 Å². The van der Waals surface area contributed by atoms with Crippen LogP contribution in [-0.2, 0) is 0 Å². The number of hydrogen-bond donors (Lipinski definition) is 2. The standard InChI is InChI=1S/C21H30N2OS/c1-3-19(21-11-14-8-15(12-21)10-16(9-14)13-21)23-20(25)22-17-6-4-5-7-18(17)24-2/h4-7,14-16,19H,3,8-13H2,1-2H3,(H2,22,23,25). The lowest BCUT2D eigenvalue weighted by Crippen LogP contribution is -2.57. The van der Waals surface area contributed by atoms with Crippen LogP contribution < -0.4 is 15.4 Å². The van der Waals surface area contributed by atoms with Crippen LogP contribution in [0, 0.1) is 23.2 Å². The van der Waals surface area contributed by atoms with Crippen molar-refractivity contribution in [3.63, 3.8) is 0 Å². The van der Waals surface area contributed by atoms with Crippen LogP contribution in [0.15, 0.2) is 24.3 Å². The van der Waals surface area contributed by atoms with E-state index in [9.17, 15) is 0 Å². The maximum absolute atomic E-state index is 5.66. The molecule has 136 valence electrons. The van der Waals surface area contributed by atoms with Gasteiger partial charge in [0.05, 0.1) is 12.8 Å². The topological polar surface area (TPSA) is 33.3 Å². The van der Waals surface area contributed by atoms with Crippen LogP contribution in [0.3, 0.4) is 0 Å². The third-order valence-corrected chi connectivity index (χ3v) is 7.11. The zero-order valence-corrected chi connectivity index (χ0v) is 16.2. The van der Waals surface area contributed by atoms with E-state index in [0.29, 0.717) is 11.5 Å².